The van der Waals surface area contributed by atoms with Crippen molar-refractivity contribution in [2.24, 2.45) is 0 Å². The van der Waals surface area contributed by atoms with Crippen molar-refractivity contribution in [2.45, 2.75) is 0 Å². The van der Waals surface area contributed by atoms with Gasteiger partial charge in [-0.1, -0.05) is 151 Å². The zero-order valence-corrected chi connectivity index (χ0v) is 29.4. The molecular formula is C51H32N4O. The lowest BCUT2D eigenvalue weighted by molar-refractivity contribution is 0.670. The Bertz CT molecular complexity index is 3780. The number of benzene rings is 8. The van der Waals surface area contributed by atoms with Gasteiger partial charge in [0.1, 0.15) is 11.2 Å². The SMILES string of the molecule is [2H]c1c([2H])c([2H])c(-c2cc(-c3c([2H])c([2H])c([2H])c([2H])c3[2H])c3oc4cccc(-c5nc(-c6ccccc6)nc(-c6ccc7c8ccccc8n(-c8ccccc8)c7c6)n5)c4c3c2)c([2H])c1[2H]. The number of para-hydroxylation sites is 2. The first-order valence-electron chi connectivity index (χ1n) is 23.0. The van der Waals surface area contributed by atoms with Gasteiger partial charge in [-0.2, -0.15) is 0 Å². The fraction of sp³-hybridized carbons (Fsp3) is 0. The lowest BCUT2D eigenvalue weighted by Gasteiger charge is -2.11. The van der Waals surface area contributed by atoms with Crippen molar-refractivity contribution in [2.75, 3.05) is 0 Å². The summed E-state index contributed by atoms with van der Waals surface area (Å²) in [6.45, 7) is 0. The first kappa shape index (κ1) is 23.2. The van der Waals surface area contributed by atoms with Gasteiger partial charge in [0.15, 0.2) is 17.5 Å². The van der Waals surface area contributed by atoms with Gasteiger partial charge in [-0.05, 0) is 59.2 Å². The smallest absolute Gasteiger partial charge is 0.164 e. The number of fused-ring (bicyclic) bond motifs is 6. The van der Waals surface area contributed by atoms with Crippen LogP contribution in [0.5, 0.6) is 0 Å². The normalized spacial score (nSPS) is 14.1. The molecule has 11 aromatic rings. The summed E-state index contributed by atoms with van der Waals surface area (Å²) in [7, 11) is 0. The first-order valence-corrected chi connectivity index (χ1v) is 18.0. The van der Waals surface area contributed by atoms with Crippen LogP contribution in [-0.4, -0.2) is 19.5 Å². The Hall–Kier alpha value is -7.63. The van der Waals surface area contributed by atoms with E-state index >= 15 is 0 Å². The number of rotatable bonds is 6. The Labute approximate surface area is 336 Å². The van der Waals surface area contributed by atoms with E-state index in [0.29, 0.717) is 33.6 Å². The Morgan fingerprint density at radius 3 is 1.88 bits per heavy atom. The summed E-state index contributed by atoms with van der Waals surface area (Å²) in [4.78, 5) is 15.2. The van der Waals surface area contributed by atoms with E-state index in [1.54, 1.807) is 18.2 Å². The zero-order valence-electron chi connectivity index (χ0n) is 39.4. The molecule has 0 spiro atoms. The van der Waals surface area contributed by atoms with Crippen LogP contribution in [0.4, 0.5) is 0 Å². The van der Waals surface area contributed by atoms with Crippen molar-refractivity contribution in [3.8, 4) is 62.1 Å². The molecular weight excluding hydrogens is 685 g/mol. The standard InChI is InChI=1S/C51H32N4O/c1-5-16-33(17-6-1)37-30-42(34-18-7-2-8-19-34)48-43(31-37)47-41(25-15-27-46(47)56-48)51-53-49(35-20-9-3-10-21-35)52-50(54-51)36-28-29-40-39-24-13-14-26-44(39)55(45(40)32-36)38-22-11-4-12-23-38/h1-32H/i1D,2D,5D,6D,7D,8D,16D,17D,18D,19D. The number of hydrogen-bond donors (Lipinski definition) is 0. The number of aromatic nitrogens is 4. The molecule has 0 radical (unpaired) electrons. The molecule has 0 atom stereocenters. The van der Waals surface area contributed by atoms with Crippen LogP contribution in [0.25, 0.3) is 106 Å². The van der Waals surface area contributed by atoms with Gasteiger partial charge in [0, 0.05) is 49.5 Å². The molecule has 3 aromatic heterocycles. The van der Waals surface area contributed by atoms with Crippen LogP contribution in [0.3, 0.4) is 0 Å². The van der Waals surface area contributed by atoms with Gasteiger partial charge >= 0.3 is 0 Å². The highest BCUT2D eigenvalue weighted by Crippen LogP contribution is 2.43. The van der Waals surface area contributed by atoms with Crippen molar-refractivity contribution in [3.05, 3.63) is 194 Å². The van der Waals surface area contributed by atoms with Crippen LogP contribution in [0.2, 0.25) is 0 Å². The number of nitrogens with zero attached hydrogens (tertiary/aromatic N) is 4. The molecule has 0 aliphatic carbocycles. The van der Waals surface area contributed by atoms with Crippen LogP contribution in [0, 0.1) is 0 Å². The van der Waals surface area contributed by atoms with Crippen LogP contribution in [0.1, 0.15) is 13.7 Å². The molecule has 3 heterocycles. The summed E-state index contributed by atoms with van der Waals surface area (Å²) in [5.41, 5.74) is 5.31. The molecule has 0 bridgehead atoms. The van der Waals surface area contributed by atoms with E-state index in [1.165, 1.54) is 6.07 Å². The fourth-order valence-electron chi connectivity index (χ4n) is 7.53. The molecule has 0 N–H and O–H groups in total. The molecule has 11 rings (SSSR count). The summed E-state index contributed by atoms with van der Waals surface area (Å²) < 4.78 is 95.2. The topological polar surface area (TPSA) is 56.7 Å². The fourth-order valence-corrected chi connectivity index (χ4v) is 7.53. The van der Waals surface area contributed by atoms with Gasteiger partial charge in [0.25, 0.3) is 0 Å². The molecule has 5 nitrogen and oxygen atoms in total. The van der Waals surface area contributed by atoms with Crippen molar-refractivity contribution >= 4 is 43.7 Å². The third kappa shape index (κ3) is 5.29. The monoisotopic (exact) mass is 726 g/mol. The van der Waals surface area contributed by atoms with E-state index in [0.717, 1.165) is 38.6 Å². The van der Waals surface area contributed by atoms with Crippen LogP contribution < -0.4 is 0 Å². The van der Waals surface area contributed by atoms with Gasteiger partial charge in [-0.3, -0.25) is 0 Å². The highest BCUT2D eigenvalue weighted by molar-refractivity contribution is 6.16. The van der Waals surface area contributed by atoms with Crippen molar-refractivity contribution in [1.82, 2.24) is 19.5 Å². The maximum atomic E-state index is 8.97. The van der Waals surface area contributed by atoms with E-state index in [-0.39, 0.29) is 33.7 Å². The van der Waals surface area contributed by atoms with E-state index in [9.17, 15) is 0 Å². The predicted molar refractivity (Wildman–Crippen MR) is 229 cm³/mol. The Kier molecular flexibility index (Phi) is 5.41. The molecule has 0 aliphatic rings. The van der Waals surface area contributed by atoms with Gasteiger partial charge in [-0.15, -0.1) is 0 Å². The Morgan fingerprint density at radius 1 is 0.429 bits per heavy atom. The summed E-state index contributed by atoms with van der Waals surface area (Å²) >= 11 is 0. The molecule has 0 saturated carbocycles. The maximum absolute atomic E-state index is 8.97. The second-order valence-corrected chi connectivity index (χ2v) is 13.3. The Morgan fingerprint density at radius 2 is 1.09 bits per heavy atom. The molecule has 0 unspecified atom stereocenters. The minimum absolute atomic E-state index is 0.0666. The summed E-state index contributed by atoms with van der Waals surface area (Å²) in [6.07, 6.45) is 0. The molecule has 0 saturated heterocycles. The van der Waals surface area contributed by atoms with Gasteiger partial charge in [-0.25, -0.2) is 15.0 Å². The zero-order chi connectivity index (χ0) is 45.7. The molecule has 5 heteroatoms. The quantitative estimate of drug-likeness (QED) is 0.171. The lowest BCUT2D eigenvalue weighted by atomic mass is 9.95. The van der Waals surface area contributed by atoms with E-state index in [2.05, 4.69) is 41.0 Å². The summed E-state index contributed by atoms with van der Waals surface area (Å²) in [5.74, 6) is 1.05. The largest absolute Gasteiger partial charge is 0.455 e. The summed E-state index contributed by atoms with van der Waals surface area (Å²) in [6, 6.07) is 37.1. The maximum Gasteiger partial charge on any atom is 0.164 e. The second kappa shape index (κ2) is 13.0. The first-order chi connectivity index (χ1) is 31.9. The highest BCUT2D eigenvalue weighted by atomic mass is 16.3. The van der Waals surface area contributed by atoms with Gasteiger partial charge < -0.3 is 8.98 Å². The van der Waals surface area contributed by atoms with Gasteiger partial charge in [0.05, 0.1) is 24.7 Å². The highest BCUT2D eigenvalue weighted by Gasteiger charge is 2.21. The predicted octanol–water partition coefficient (Wildman–Crippen LogP) is 13.2. The van der Waals surface area contributed by atoms with Crippen LogP contribution >= 0.6 is 0 Å². The molecule has 8 aromatic carbocycles. The Balaban J connectivity index is 1.21. The van der Waals surface area contributed by atoms with Gasteiger partial charge in [0.2, 0.25) is 0 Å². The van der Waals surface area contributed by atoms with E-state index in [4.69, 9.17) is 33.1 Å². The molecule has 0 amide bonds. The average molecular weight is 727 g/mol. The summed E-state index contributed by atoms with van der Waals surface area (Å²) in [5, 5.41) is 2.99. The molecule has 262 valence electrons. The van der Waals surface area contributed by atoms with E-state index < -0.39 is 60.4 Å². The molecule has 56 heavy (non-hydrogen) atoms. The van der Waals surface area contributed by atoms with Crippen molar-refractivity contribution < 1.29 is 18.1 Å². The number of hydrogen-bond acceptors (Lipinski definition) is 4. The minimum Gasteiger partial charge on any atom is -0.455 e. The van der Waals surface area contributed by atoms with E-state index in [1.807, 2.05) is 72.8 Å². The van der Waals surface area contributed by atoms with Crippen molar-refractivity contribution in [1.29, 1.82) is 0 Å². The molecule has 0 fully saturated rings. The number of furan rings is 1. The second-order valence-electron chi connectivity index (χ2n) is 13.3. The van der Waals surface area contributed by atoms with Crippen LogP contribution in [-0.2, 0) is 0 Å². The average Bonchev–Trinajstić information content (AvgIpc) is 3.90. The van der Waals surface area contributed by atoms with Crippen molar-refractivity contribution in [3.63, 3.8) is 0 Å². The third-order valence-electron chi connectivity index (χ3n) is 10.0. The third-order valence-corrected chi connectivity index (χ3v) is 10.0. The minimum atomic E-state index is -0.584. The molecule has 0 aliphatic heterocycles. The van der Waals surface area contributed by atoms with Crippen LogP contribution in [0.15, 0.2) is 198 Å². The lowest BCUT2D eigenvalue weighted by Crippen LogP contribution is -2.01.